The van der Waals surface area contributed by atoms with Crippen LogP contribution in [0.1, 0.15) is 11.7 Å². The summed E-state index contributed by atoms with van der Waals surface area (Å²) in [6.07, 6.45) is -1.31. The Morgan fingerprint density at radius 2 is 2.24 bits per heavy atom. The molecule has 0 aromatic heterocycles. The third kappa shape index (κ3) is 2.63. The Balaban J connectivity index is 2.11. The number of benzene rings is 1. The van der Waals surface area contributed by atoms with Crippen molar-refractivity contribution in [3.63, 3.8) is 0 Å². The minimum Gasteiger partial charge on any atom is -0.389 e. The van der Waals surface area contributed by atoms with E-state index in [1.54, 1.807) is 0 Å². The van der Waals surface area contributed by atoms with E-state index in [2.05, 4.69) is 0 Å². The van der Waals surface area contributed by atoms with E-state index in [0.717, 1.165) is 10.6 Å². The van der Waals surface area contributed by atoms with Crippen LogP contribution >= 0.6 is 0 Å². The number of aliphatic hydroxyl groups is 1. The number of β-amino-alcohol motifs (C(OH)–C–C–N with tert-alkyl or cyclic N) is 1. The van der Waals surface area contributed by atoms with Gasteiger partial charge in [-0.25, -0.2) is 5.06 Å². The molecule has 0 aliphatic carbocycles. The number of hydroxylamine groups is 2. The first-order valence-electron chi connectivity index (χ1n) is 5.42. The van der Waals surface area contributed by atoms with E-state index in [9.17, 15) is 9.90 Å². The van der Waals surface area contributed by atoms with Crippen LogP contribution in [-0.2, 0) is 14.4 Å². The summed E-state index contributed by atoms with van der Waals surface area (Å²) in [6.45, 7) is 0.336. The van der Waals surface area contributed by atoms with E-state index in [1.165, 1.54) is 7.11 Å². The van der Waals surface area contributed by atoms with Crippen LogP contribution in [0, 0.1) is 0 Å². The summed E-state index contributed by atoms with van der Waals surface area (Å²) < 4.78 is 5.19. The highest BCUT2D eigenvalue weighted by Gasteiger charge is 2.32. The lowest BCUT2D eigenvalue weighted by Gasteiger charge is -2.20. The molecule has 92 valence electrons. The Morgan fingerprint density at radius 3 is 2.76 bits per heavy atom. The van der Waals surface area contributed by atoms with Crippen LogP contribution in [-0.4, -0.2) is 42.4 Å². The van der Waals surface area contributed by atoms with Crippen LogP contribution < -0.4 is 0 Å². The zero-order valence-electron chi connectivity index (χ0n) is 9.57. The molecule has 0 radical (unpaired) electrons. The largest absolute Gasteiger partial charge is 0.389 e. The fraction of sp³-hybridized carbons (Fsp3) is 0.417. The first-order valence-corrected chi connectivity index (χ1v) is 5.42. The molecule has 1 N–H and O–H groups in total. The Labute approximate surface area is 99.5 Å². The van der Waals surface area contributed by atoms with Crippen LogP contribution in [0.5, 0.6) is 0 Å². The molecule has 5 nitrogen and oxygen atoms in total. The molecule has 1 aliphatic heterocycles. The van der Waals surface area contributed by atoms with E-state index in [-0.39, 0.29) is 19.1 Å². The molecule has 0 spiro atoms. The monoisotopic (exact) mass is 237 g/mol. The van der Waals surface area contributed by atoms with Crippen molar-refractivity contribution < 1.29 is 19.5 Å². The van der Waals surface area contributed by atoms with E-state index in [1.807, 2.05) is 30.3 Å². The van der Waals surface area contributed by atoms with Crippen molar-refractivity contribution in [2.75, 3.05) is 20.3 Å². The number of amides is 1. The van der Waals surface area contributed by atoms with Gasteiger partial charge in [-0.1, -0.05) is 30.3 Å². The van der Waals surface area contributed by atoms with Gasteiger partial charge in [0.05, 0.1) is 6.54 Å². The third-order valence-corrected chi connectivity index (χ3v) is 2.61. The molecule has 0 saturated carbocycles. The van der Waals surface area contributed by atoms with Crippen molar-refractivity contribution in [2.24, 2.45) is 0 Å². The molecule has 2 atom stereocenters. The molecule has 1 aromatic carbocycles. The van der Waals surface area contributed by atoms with Crippen LogP contribution in [0.15, 0.2) is 30.3 Å². The minimum atomic E-state index is -0.693. The summed E-state index contributed by atoms with van der Waals surface area (Å²) >= 11 is 0. The number of ether oxygens (including phenoxy) is 1. The average Bonchev–Trinajstić information content (AvgIpc) is 2.78. The predicted octanol–water partition coefficient (Wildman–Crippen LogP) is 0.509. The number of carbonyl (C=O) groups is 1. The molecule has 1 heterocycles. The first-order chi connectivity index (χ1) is 8.22. The van der Waals surface area contributed by atoms with Gasteiger partial charge in [0.2, 0.25) is 0 Å². The highest BCUT2D eigenvalue weighted by Crippen LogP contribution is 2.21. The van der Waals surface area contributed by atoms with Gasteiger partial charge in [0, 0.05) is 7.11 Å². The molecule has 5 heteroatoms. The maximum Gasteiger partial charge on any atom is 0.279 e. The number of nitrogens with zero attached hydrogens (tertiary/aromatic N) is 1. The lowest BCUT2D eigenvalue weighted by atomic mass is 10.1. The highest BCUT2D eigenvalue weighted by atomic mass is 16.7. The van der Waals surface area contributed by atoms with E-state index in [4.69, 9.17) is 9.57 Å². The molecule has 1 saturated heterocycles. The third-order valence-electron chi connectivity index (χ3n) is 2.61. The van der Waals surface area contributed by atoms with Gasteiger partial charge in [-0.2, -0.15) is 0 Å². The van der Waals surface area contributed by atoms with Crippen LogP contribution in [0.2, 0.25) is 0 Å². The maximum atomic E-state index is 12.1. The van der Waals surface area contributed by atoms with Crippen molar-refractivity contribution in [3.05, 3.63) is 35.9 Å². The summed E-state index contributed by atoms with van der Waals surface area (Å²) in [5.41, 5.74) is 0.769. The molecule has 1 aliphatic rings. The van der Waals surface area contributed by atoms with Crippen molar-refractivity contribution in [1.29, 1.82) is 0 Å². The van der Waals surface area contributed by atoms with Crippen LogP contribution in [0.4, 0.5) is 0 Å². The molecular formula is C12H15NO4. The van der Waals surface area contributed by atoms with Crippen molar-refractivity contribution in [1.82, 2.24) is 5.06 Å². The fourth-order valence-corrected chi connectivity index (χ4v) is 1.76. The van der Waals surface area contributed by atoms with E-state index >= 15 is 0 Å². The number of carbonyl (C=O) groups excluding carboxylic acids is 1. The SMILES string of the molecule is COC(C(=O)N1CC(O)CO1)c1ccccc1. The molecular weight excluding hydrogens is 222 g/mol. The lowest BCUT2D eigenvalue weighted by molar-refractivity contribution is -0.180. The number of rotatable bonds is 3. The lowest BCUT2D eigenvalue weighted by Crippen LogP contribution is -2.33. The second-order valence-corrected chi connectivity index (χ2v) is 3.88. The quantitative estimate of drug-likeness (QED) is 0.832. The van der Waals surface area contributed by atoms with Gasteiger partial charge in [-0.3, -0.25) is 9.63 Å². The molecule has 2 rings (SSSR count). The summed E-state index contributed by atoms with van der Waals surface area (Å²) in [5, 5.41) is 10.5. The molecule has 1 fully saturated rings. The Morgan fingerprint density at radius 1 is 1.53 bits per heavy atom. The van der Waals surface area contributed by atoms with Gasteiger partial charge >= 0.3 is 0 Å². The summed E-state index contributed by atoms with van der Waals surface area (Å²) in [5.74, 6) is -0.296. The summed E-state index contributed by atoms with van der Waals surface area (Å²) in [6, 6.07) is 9.19. The van der Waals surface area contributed by atoms with Gasteiger partial charge in [0.25, 0.3) is 5.91 Å². The van der Waals surface area contributed by atoms with Crippen molar-refractivity contribution >= 4 is 5.91 Å². The first kappa shape index (κ1) is 12.0. The number of hydrogen-bond donors (Lipinski definition) is 1. The number of aliphatic hydroxyl groups excluding tert-OH is 1. The molecule has 2 unspecified atom stereocenters. The van der Waals surface area contributed by atoms with Gasteiger partial charge in [-0.15, -0.1) is 0 Å². The number of methoxy groups -OCH3 is 1. The normalized spacial score (nSPS) is 21.5. The zero-order valence-corrected chi connectivity index (χ0v) is 9.57. The highest BCUT2D eigenvalue weighted by molar-refractivity contribution is 5.81. The molecule has 1 amide bonds. The van der Waals surface area contributed by atoms with Crippen LogP contribution in [0.25, 0.3) is 0 Å². The standard InChI is InChI=1S/C12H15NO4/c1-16-11(9-5-3-2-4-6-9)12(15)13-7-10(14)8-17-13/h2-6,10-11,14H,7-8H2,1H3. The summed E-state index contributed by atoms with van der Waals surface area (Å²) in [7, 11) is 1.47. The molecule has 1 aromatic rings. The van der Waals surface area contributed by atoms with Gasteiger partial charge in [0.1, 0.15) is 12.7 Å². The fourth-order valence-electron chi connectivity index (χ4n) is 1.76. The average molecular weight is 237 g/mol. The molecule has 0 bridgehead atoms. The molecule has 17 heavy (non-hydrogen) atoms. The minimum absolute atomic E-state index is 0.150. The second kappa shape index (κ2) is 5.27. The predicted molar refractivity (Wildman–Crippen MR) is 59.9 cm³/mol. The van der Waals surface area contributed by atoms with Crippen molar-refractivity contribution in [2.45, 2.75) is 12.2 Å². The second-order valence-electron chi connectivity index (χ2n) is 3.88. The van der Waals surface area contributed by atoms with Gasteiger partial charge in [-0.05, 0) is 5.56 Å². The topological polar surface area (TPSA) is 59.0 Å². The van der Waals surface area contributed by atoms with E-state index in [0.29, 0.717) is 0 Å². The zero-order chi connectivity index (χ0) is 12.3. The van der Waals surface area contributed by atoms with Crippen LogP contribution in [0.3, 0.4) is 0 Å². The van der Waals surface area contributed by atoms with Crippen molar-refractivity contribution in [3.8, 4) is 0 Å². The Hall–Kier alpha value is -1.43. The Kier molecular flexibility index (Phi) is 3.73. The Bertz CT molecular complexity index is 381. The number of hydrogen-bond acceptors (Lipinski definition) is 4. The smallest absolute Gasteiger partial charge is 0.279 e. The van der Waals surface area contributed by atoms with Gasteiger partial charge in [0.15, 0.2) is 6.10 Å². The van der Waals surface area contributed by atoms with Gasteiger partial charge < -0.3 is 9.84 Å². The maximum absolute atomic E-state index is 12.1. The summed E-state index contributed by atoms with van der Waals surface area (Å²) in [4.78, 5) is 17.2. The van der Waals surface area contributed by atoms with E-state index < -0.39 is 12.2 Å².